The summed E-state index contributed by atoms with van der Waals surface area (Å²) in [6.45, 7) is -1.49. The van der Waals surface area contributed by atoms with Gasteiger partial charge in [0.2, 0.25) is 5.95 Å². The van der Waals surface area contributed by atoms with Gasteiger partial charge in [-0.1, -0.05) is 0 Å². The lowest BCUT2D eigenvalue weighted by Gasteiger charge is -2.26. The lowest BCUT2D eigenvalue weighted by atomic mass is 10.1. The van der Waals surface area contributed by atoms with Crippen LogP contribution < -0.4 is 22.5 Å². The number of H-pyrrole nitrogens is 1. The Labute approximate surface area is 249 Å². The SMILES string of the molecule is Nc1nc2c(ncn2[C@@H]2O[C@@H]3COP(=O)(O)OC4[C@@H](COP(N)(=O)OC2C3O)O[C@@H](n2cnc3c(N)ncnc32)[C@H]4O)c(=O)[nH]1. The normalized spacial score (nSPS) is 37.7. The zero-order valence-electron chi connectivity index (χ0n) is 22.5. The van der Waals surface area contributed by atoms with Gasteiger partial charge in [0.15, 0.2) is 35.1 Å². The molecule has 45 heavy (non-hydrogen) atoms. The summed E-state index contributed by atoms with van der Waals surface area (Å²) >= 11 is 0. The van der Waals surface area contributed by atoms with Crippen molar-refractivity contribution in [2.24, 2.45) is 5.50 Å². The average Bonchev–Trinajstić information content (AvgIpc) is 3.72. The van der Waals surface area contributed by atoms with Crippen molar-refractivity contribution >= 4 is 49.7 Å². The van der Waals surface area contributed by atoms with E-state index < -0.39 is 83.4 Å². The first kappa shape index (κ1) is 30.2. The number of nitrogens with zero attached hydrogens (tertiary/aromatic N) is 7. The van der Waals surface area contributed by atoms with E-state index in [1.165, 1.54) is 15.5 Å². The Balaban J connectivity index is 1.21. The van der Waals surface area contributed by atoms with Gasteiger partial charge >= 0.3 is 15.6 Å². The van der Waals surface area contributed by atoms with E-state index in [0.29, 0.717) is 0 Å². The minimum Gasteiger partial charge on any atom is -0.387 e. The second kappa shape index (κ2) is 10.8. The third kappa shape index (κ3) is 5.31. The average molecular weight is 673 g/mol. The van der Waals surface area contributed by atoms with Crippen molar-refractivity contribution in [2.45, 2.75) is 49.1 Å². The molecule has 3 fully saturated rings. The maximum atomic E-state index is 13.4. The van der Waals surface area contributed by atoms with Crippen LogP contribution in [0.15, 0.2) is 23.8 Å². The Morgan fingerprint density at radius 2 is 1.56 bits per heavy atom. The van der Waals surface area contributed by atoms with E-state index in [9.17, 15) is 29.0 Å². The Morgan fingerprint density at radius 1 is 0.867 bits per heavy atom. The molecule has 0 aliphatic carbocycles. The molecule has 0 spiro atoms. The number of imidazole rings is 2. The number of hydrogen-bond acceptors (Lipinski definition) is 18. The van der Waals surface area contributed by atoms with Crippen LogP contribution in [-0.4, -0.2) is 104 Å². The van der Waals surface area contributed by atoms with Gasteiger partial charge in [-0.05, 0) is 0 Å². The number of aliphatic hydroxyl groups excluding tert-OH is 2. The van der Waals surface area contributed by atoms with Crippen molar-refractivity contribution in [3.63, 3.8) is 0 Å². The smallest absolute Gasteiger partial charge is 0.387 e. The van der Waals surface area contributed by atoms with Gasteiger partial charge in [0.25, 0.3) is 5.56 Å². The van der Waals surface area contributed by atoms with Gasteiger partial charge < -0.3 is 36.0 Å². The topological polar surface area (TPSA) is 335 Å². The van der Waals surface area contributed by atoms with Crippen LogP contribution in [0.2, 0.25) is 0 Å². The monoisotopic (exact) mass is 673 g/mol. The van der Waals surface area contributed by atoms with Gasteiger partial charge in [0, 0.05) is 0 Å². The van der Waals surface area contributed by atoms with Crippen LogP contribution in [0.1, 0.15) is 12.5 Å². The minimum atomic E-state index is -5.03. The summed E-state index contributed by atoms with van der Waals surface area (Å²) in [7, 11) is -9.65. The van der Waals surface area contributed by atoms with E-state index in [2.05, 4.69) is 29.9 Å². The maximum absolute atomic E-state index is 13.4. The number of aromatic amines is 1. The molecule has 7 rings (SSSR count). The fourth-order valence-corrected chi connectivity index (χ4v) is 7.27. The number of hydrogen-bond donors (Lipinski definition) is 7. The van der Waals surface area contributed by atoms with E-state index in [4.69, 9.17) is 44.5 Å². The highest BCUT2D eigenvalue weighted by Crippen LogP contribution is 2.52. The van der Waals surface area contributed by atoms with Crippen molar-refractivity contribution in [1.82, 2.24) is 39.0 Å². The van der Waals surface area contributed by atoms with Crippen molar-refractivity contribution in [1.29, 1.82) is 0 Å². The van der Waals surface area contributed by atoms with Crippen LogP contribution in [0.3, 0.4) is 0 Å². The van der Waals surface area contributed by atoms with Crippen molar-refractivity contribution < 1.29 is 51.8 Å². The van der Waals surface area contributed by atoms with Gasteiger partial charge in [-0.2, -0.15) is 4.98 Å². The highest BCUT2D eigenvalue weighted by molar-refractivity contribution is 7.51. The number of aromatic nitrogens is 8. The van der Waals surface area contributed by atoms with Gasteiger partial charge in [-0.25, -0.2) is 34.6 Å². The predicted octanol–water partition coefficient (Wildman–Crippen LogP) is -2.38. The number of nitrogen functional groups attached to an aromatic ring is 2. The summed E-state index contributed by atoms with van der Waals surface area (Å²) in [6, 6.07) is 0. The molecule has 10 N–H and O–H groups in total. The molecule has 4 aromatic heterocycles. The number of aliphatic hydroxyl groups is 2. The summed E-state index contributed by atoms with van der Waals surface area (Å²) in [4.78, 5) is 45.3. The van der Waals surface area contributed by atoms with Gasteiger partial charge in [-0.3, -0.25) is 37.0 Å². The molecule has 23 nitrogen and oxygen atoms in total. The molecule has 10 atom stereocenters. The number of ether oxygens (including phenoxy) is 2. The van der Waals surface area contributed by atoms with Crippen molar-refractivity contribution in [3.8, 4) is 0 Å². The van der Waals surface area contributed by atoms with E-state index in [1.807, 2.05) is 0 Å². The highest BCUT2D eigenvalue weighted by atomic mass is 31.2. The third-order valence-electron chi connectivity index (χ3n) is 7.35. The van der Waals surface area contributed by atoms with E-state index in [-0.39, 0.29) is 34.1 Å². The molecule has 3 aliphatic heterocycles. The number of nitrogens with one attached hydrogen (secondary N) is 1. The predicted molar refractivity (Wildman–Crippen MR) is 145 cm³/mol. The standard InChI is InChI=1S/C20H25N11O12P2/c21-14-8-15(25-3-24-14)30(4-26-8)18-11(33)12-7(41-18)2-38-44(23,35)42-13-10(32)6(1-39-45(36,37)43-12)40-19(13)31-5-27-9-16(31)28-20(22)29-17(9)34/h3-7,10-13,18-19,32-33H,1-2H2,(H2,23,35)(H,36,37)(H2,21,24,25)(H3,22,28,29,34)/t6-,7-,10?,11+,12?,13?,18-,19-,44?/m1/s1. The maximum Gasteiger partial charge on any atom is 0.472 e. The zero-order chi connectivity index (χ0) is 31.8. The highest BCUT2D eigenvalue weighted by Gasteiger charge is 2.53. The second-order valence-electron chi connectivity index (χ2n) is 10.2. The molecular formula is C20H25N11O12P2. The Bertz CT molecular complexity index is 1940. The number of anilines is 2. The Kier molecular flexibility index (Phi) is 7.27. The number of phosphoric ester groups is 1. The summed E-state index contributed by atoms with van der Waals surface area (Å²) in [5.74, 6) is -0.209. The van der Waals surface area contributed by atoms with Crippen molar-refractivity contribution in [2.75, 3.05) is 24.7 Å². The van der Waals surface area contributed by atoms with E-state index in [1.54, 1.807) is 0 Å². The Hall–Kier alpha value is -3.44. The van der Waals surface area contributed by atoms with Gasteiger partial charge in [0.05, 0.1) is 25.9 Å². The first-order valence-corrected chi connectivity index (χ1v) is 16.1. The molecule has 0 aromatic carbocycles. The molecule has 0 radical (unpaired) electrons. The second-order valence-corrected chi connectivity index (χ2v) is 13.2. The van der Waals surface area contributed by atoms with E-state index >= 15 is 0 Å². The van der Waals surface area contributed by atoms with E-state index in [0.717, 1.165) is 12.7 Å². The lowest BCUT2D eigenvalue weighted by molar-refractivity contribution is -0.0631. The molecule has 4 aromatic rings. The van der Waals surface area contributed by atoms with Crippen LogP contribution in [-0.2, 0) is 36.7 Å². The van der Waals surface area contributed by atoms with Crippen LogP contribution >= 0.6 is 15.6 Å². The van der Waals surface area contributed by atoms with Crippen LogP contribution in [0.5, 0.6) is 0 Å². The molecule has 5 unspecified atom stereocenters. The largest absolute Gasteiger partial charge is 0.472 e. The molecule has 0 saturated carbocycles. The van der Waals surface area contributed by atoms with Crippen LogP contribution in [0.4, 0.5) is 11.8 Å². The summed E-state index contributed by atoms with van der Waals surface area (Å²) in [5, 5.41) is 22.2. The van der Waals surface area contributed by atoms with Gasteiger partial charge in [-0.15, -0.1) is 0 Å². The number of rotatable bonds is 2. The number of phosphoric acid groups is 1. The molecule has 3 aliphatic rings. The Morgan fingerprint density at radius 3 is 2.33 bits per heavy atom. The lowest BCUT2D eigenvalue weighted by Crippen LogP contribution is -2.36. The fourth-order valence-electron chi connectivity index (χ4n) is 5.32. The first-order valence-electron chi connectivity index (χ1n) is 13.0. The quantitative estimate of drug-likeness (QED) is 0.109. The first-order chi connectivity index (χ1) is 21.3. The summed E-state index contributed by atoms with van der Waals surface area (Å²) < 4.78 is 62.0. The minimum absolute atomic E-state index is 0.0509. The molecule has 3 saturated heterocycles. The zero-order valence-corrected chi connectivity index (χ0v) is 24.3. The molecule has 25 heteroatoms. The summed E-state index contributed by atoms with van der Waals surface area (Å²) in [5.41, 5.74) is 16.9. The molecule has 242 valence electrons. The summed E-state index contributed by atoms with van der Waals surface area (Å²) in [6.07, 6.45) is -8.57. The van der Waals surface area contributed by atoms with Crippen LogP contribution in [0, 0.1) is 0 Å². The molecular weight excluding hydrogens is 648 g/mol. The number of nitrogens with two attached hydrogens (primary N) is 3. The van der Waals surface area contributed by atoms with Crippen molar-refractivity contribution in [3.05, 3.63) is 29.3 Å². The third-order valence-corrected chi connectivity index (χ3v) is 9.38. The fraction of sp³-hybridized carbons (Fsp3) is 0.500. The molecule has 7 heterocycles. The van der Waals surface area contributed by atoms with Crippen LogP contribution in [0.25, 0.3) is 22.3 Å². The molecule has 0 amide bonds. The number of fused-ring (bicyclic) bond motifs is 5. The van der Waals surface area contributed by atoms with Gasteiger partial charge in [0.1, 0.15) is 48.5 Å². The molecule has 2 bridgehead atoms.